The van der Waals surface area contributed by atoms with Gasteiger partial charge in [0.25, 0.3) is 0 Å². The minimum absolute atomic E-state index is 0.113. The lowest BCUT2D eigenvalue weighted by molar-refractivity contribution is 0.662. The summed E-state index contributed by atoms with van der Waals surface area (Å²) in [7, 11) is 0. The SMILES string of the molecule is CC1(C)c2ccccc2-c2cccc(-c3cccc(-c4ccc5oc6cccc(-c7nc(-c8ccccc8)nc(-c8cccc9oc%10ccccc%10c89)n7)c6c5c4)c3)c21. The highest BCUT2D eigenvalue weighted by Crippen LogP contribution is 2.52. The number of nitrogens with zero attached hydrogens (tertiary/aromatic N) is 3. The van der Waals surface area contributed by atoms with E-state index in [4.69, 9.17) is 23.8 Å². The van der Waals surface area contributed by atoms with Crippen LogP contribution < -0.4 is 0 Å². The van der Waals surface area contributed by atoms with E-state index in [1.165, 1.54) is 33.4 Å². The molecule has 0 spiro atoms. The van der Waals surface area contributed by atoms with Gasteiger partial charge in [0.1, 0.15) is 22.3 Å². The fraction of sp³-hybridized carbons (Fsp3) is 0.0556. The zero-order valence-corrected chi connectivity index (χ0v) is 32.4. The highest BCUT2D eigenvalue weighted by molar-refractivity contribution is 6.14. The summed E-state index contributed by atoms with van der Waals surface area (Å²) in [4.78, 5) is 15.5. The second kappa shape index (κ2) is 12.7. The van der Waals surface area contributed by atoms with E-state index in [2.05, 4.69) is 117 Å². The van der Waals surface area contributed by atoms with E-state index < -0.39 is 0 Å². The molecular formula is C54H35N3O2. The number of benzene rings is 8. The largest absolute Gasteiger partial charge is 0.456 e. The minimum atomic E-state index is -0.113. The first-order valence-corrected chi connectivity index (χ1v) is 20.0. The Hall–Kier alpha value is -7.63. The zero-order chi connectivity index (χ0) is 39.2. The molecule has 0 unspecified atom stereocenters. The summed E-state index contributed by atoms with van der Waals surface area (Å²) in [6, 6.07) is 61.3. The van der Waals surface area contributed by atoms with E-state index in [0.717, 1.165) is 71.7 Å². The molecule has 0 saturated carbocycles. The molecule has 3 heterocycles. The van der Waals surface area contributed by atoms with Crippen molar-refractivity contribution in [2.45, 2.75) is 19.3 Å². The quantitative estimate of drug-likeness (QED) is 0.175. The van der Waals surface area contributed by atoms with Gasteiger partial charge in [-0.1, -0.05) is 153 Å². The second-order valence-corrected chi connectivity index (χ2v) is 15.9. The molecule has 1 aliphatic carbocycles. The Morgan fingerprint density at radius 2 is 0.881 bits per heavy atom. The summed E-state index contributed by atoms with van der Waals surface area (Å²) in [6.45, 7) is 4.69. The highest BCUT2D eigenvalue weighted by atomic mass is 16.3. The summed E-state index contributed by atoms with van der Waals surface area (Å²) < 4.78 is 12.8. The Morgan fingerprint density at radius 1 is 0.356 bits per heavy atom. The highest BCUT2D eigenvalue weighted by Gasteiger charge is 2.37. The smallest absolute Gasteiger partial charge is 0.164 e. The van der Waals surface area contributed by atoms with Crippen LogP contribution in [0.4, 0.5) is 0 Å². The van der Waals surface area contributed by atoms with Crippen LogP contribution in [0.15, 0.2) is 185 Å². The van der Waals surface area contributed by atoms with E-state index in [1.54, 1.807) is 0 Å². The van der Waals surface area contributed by atoms with Crippen molar-refractivity contribution in [3.8, 4) is 67.5 Å². The maximum atomic E-state index is 6.54. The van der Waals surface area contributed by atoms with Crippen LogP contribution in [0, 0.1) is 0 Å². The van der Waals surface area contributed by atoms with Gasteiger partial charge in [-0.25, -0.2) is 15.0 Å². The molecular weight excluding hydrogens is 723 g/mol. The summed E-state index contributed by atoms with van der Waals surface area (Å²) >= 11 is 0. The molecule has 0 radical (unpaired) electrons. The van der Waals surface area contributed by atoms with Crippen LogP contribution in [-0.4, -0.2) is 15.0 Å². The second-order valence-electron chi connectivity index (χ2n) is 15.9. The lowest BCUT2D eigenvalue weighted by Gasteiger charge is -2.24. The van der Waals surface area contributed by atoms with Gasteiger partial charge in [0.15, 0.2) is 17.5 Å². The maximum Gasteiger partial charge on any atom is 0.164 e. The molecule has 1 aliphatic rings. The van der Waals surface area contributed by atoms with Crippen LogP contribution >= 0.6 is 0 Å². The van der Waals surface area contributed by atoms with E-state index in [0.29, 0.717) is 17.5 Å². The van der Waals surface area contributed by atoms with Crippen molar-refractivity contribution in [2.75, 3.05) is 0 Å². The van der Waals surface area contributed by atoms with Crippen LogP contribution in [0.25, 0.3) is 111 Å². The average Bonchev–Trinajstić information content (AvgIpc) is 3.94. The molecule has 0 N–H and O–H groups in total. The van der Waals surface area contributed by atoms with Gasteiger partial charge in [-0.3, -0.25) is 0 Å². The van der Waals surface area contributed by atoms with Crippen molar-refractivity contribution < 1.29 is 8.83 Å². The summed E-state index contributed by atoms with van der Waals surface area (Å²) in [5.74, 6) is 1.74. The molecule has 0 aliphatic heterocycles. The van der Waals surface area contributed by atoms with E-state index in [9.17, 15) is 0 Å². The van der Waals surface area contributed by atoms with Gasteiger partial charge in [0, 0.05) is 43.7 Å². The number of hydrogen-bond acceptors (Lipinski definition) is 5. The Morgan fingerprint density at radius 3 is 1.68 bits per heavy atom. The lowest BCUT2D eigenvalue weighted by Crippen LogP contribution is -2.16. The topological polar surface area (TPSA) is 65.0 Å². The number of para-hydroxylation sites is 1. The van der Waals surface area contributed by atoms with Crippen LogP contribution in [0.3, 0.4) is 0 Å². The van der Waals surface area contributed by atoms with Gasteiger partial charge < -0.3 is 8.83 Å². The van der Waals surface area contributed by atoms with Crippen LogP contribution in [-0.2, 0) is 5.41 Å². The lowest BCUT2D eigenvalue weighted by atomic mass is 9.78. The zero-order valence-electron chi connectivity index (χ0n) is 32.4. The molecule has 278 valence electrons. The molecule has 59 heavy (non-hydrogen) atoms. The first kappa shape index (κ1) is 33.5. The van der Waals surface area contributed by atoms with Crippen molar-refractivity contribution in [3.63, 3.8) is 0 Å². The summed E-state index contributed by atoms with van der Waals surface area (Å²) in [6.07, 6.45) is 0. The van der Waals surface area contributed by atoms with Crippen molar-refractivity contribution in [1.29, 1.82) is 0 Å². The number of aromatic nitrogens is 3. The van der Waals surface area contributed by atoms with Crippen molar-refractivity contribution >= 4 is 43.9 Å². The molecule has 0 atom stereocenters. The molecule has 3 aromatic heterocycles. The Labute approximate surface area is 340 Å². The fourth-order valence-corrected chi connectivity index (χ4v) is 9.44. The fourth-order valence-electron chi connectivity index (χ4n) is 9.44. The minimum Gasteiger partial charge on any atom is -0.456 e. The number of fused-ring (bicyclic) bond motifs is 9. The van der Waals surface area contributed by atoms with Gasteiger partial charge in [-0.05, 0) is 80.9 Å². The summed E-state index contributed by atoms with van der Waals surface area (Å²) in [5, 5.41) is 3.96. The predicted molar refractivity (Wildman–Crippen MR) is 239 cm³/mol. The molecule has 12 rings (SSSR count). The maximum absolute atomic E-state index is 6.54. The number of hydrogen-bond donors (Lipinski definition) is 0. The van der Waals surface area contributed by atoms with Gasteiger partial charge in [-0.2, -0.15) is 0 Å². The van der Waals surface area contributed by atoms with Gasteiger partial charge in [0.2, 0.25) is 0 Å². The normalized spacial score (nSPS) is 13.1. The molecule has 0 fully saturated rings. The third kappa shape index (κ3) is 5.14. The van der Waals surface area contributed by atoms with Gasteiger partial charge in [-0.15, -0.1) is 0 Å². The van der Waals surface area contributed by atoms with Crippen molar-refractivity contribution in [1.82, 2.24) is 15.0 Å². The van der Waals surface area contributed by atoms with Crippen molar-refractivity contribution in [2.24, 2.45) is 0 Å². The van der Waals surface area contributed by atoms with E-state index >= 15 is 0 Å². The Bertz CT molecular complexity index is 3480. The molecule has 5 heteroatoms. The molecule has 5 nitrogen and oxygen atoms in total. The predicted octanol–water partition coefficient (Wildman–Crippen LogP) is 14.3. The summed E-state index contributed by atoms with van der Waals surface area (Å²) in [5.41, 5.74) is 15.8. The van der Waals surface area contributed by atoms with E-state index in [-0.39, 0.29) is 5.41 Å². The van der Waals surface area contributed by atoms with Crippen LogP contribution in [0.1, 0.15) is 25.0 Å². The Balaban J connectivity index is 1.03. The molecule has 11 aromatic rings. The molecule has 0 saturated heterocycles. The Kier molecular flexibility index (Phi) is 7.20. The molecule has 0 amide bonds. The first-order chi connectivity index (χ1) is 29.0. The average molecular weight is 758 g/mol. The molecule has 8 aromatic carbocycles. The van der Waals surface area contributed by atoms with Gasteiger partial charge >= 0.3 is 0 Å². The van der Waals surface area contributed by atoms with Gasteiger partial charge in [0.05, 0.1) is 0 Å². The third-order valence-electron chi connectivity index (χ3n) is 12.1. The monoisotopic (exact) mass is 757 g/mol. The van der Waals surface area contributed by atoms with Crippen molar-refractivity contribution in [3.05, 3.63) is 187 Å². The molecule has 0 bridgehead atoms. The van der Waals surface area contributed by atoms with E-state index in [1.807, 2.05) is 72.8 Å². The van der Waals surface area contributed by atoms with Crippen LogP contribution in [0.5, 0.6) is 0 Å². The number of furan rings is 2. The number of rotatable bonds is 5. The third-order valence-corrected chi connectivity index (χ3v) is 12.1. The standard InChI is InChI=1S/C54H35N3O2/c1-54(2)43-24-8-6-18-37(43)38-21-11-20-36(50(38)54)35-17-10-16-33(30-35)34-28-29-45-42(31-34)49-41(23-13-27-47(49)59-45)53-56-51(32-14-4-3-5-15-32)55-52(57-53)40-22-12-26-46-48(40)39-19-7-9-25-44(39)58-46/h3-31H,1-2H3. The first-order valence-electron chi connectivity index (χ1n) is 20.0. The van der Waals surface area contributed by atoms with Crippen LogP contribution in [0.2, 0.25) is 0 Å².